The summed E-state index contributed by atoms with van der Waals surface area (Å²) in [4.78, 5) is 90.0. The van der Waals surface area contributed by atoms with Gasteiger partial charge in [-0.2, -0.15) is 0 Å². The molecular formula is C19H19Au4Cl3N2O21S. The van der Waals surface area contributed by atoms with Gasteiger partial charge in [0.2, 0.25) is 0 Å². The van der Waals surface area contributed by atoms with Crippen LogP contribution in [0.1, 0.15) is 38.5 Å². The maximum Gasteiger partial charge on any atom is 3.00 e. The second-order valence-corrected chi connectivity index (χ2v) is 8.12. The maximum atomic E-state index is 10.1. The summed E-state index contributed by atoms with van der Waals surface area (Å²) in [6, 6.07) is 0. The van der Waals surface area contributed by atoms with Crippen LogP contribution in [0.4, 0.5) is 0 Å². The number of carboxylic acids is 9. The quantitative estimate of drug-likeness (QED) is 0.0751. The van der Waals surface area contributed by atoms with E-state index in [1.54, 1.807) is 0 Å². The molecule has 0 atom stereocenters. The molecule has 0 radical (unpaired) electrons. The second-order valence-electron chi connectivity index (χ2n) is 7.65. The molecule has 0 aromatic rings. The van der Waals surface area contributed by atoms with Crippen molar-refractivity contribution in [2.24, 2.45) is 11.5 Å². The molecule has 0 saturated heterocycles. The number of aliphatic hydroxyl groups is 3. The summed E-state index contributed by atoms with van der Waals surface area (Å²) in [5, 5.41) is 117. The van der Waals surface area contributed by atoms with Gasteiger partial charge in [-0.3, -0.25) is 0 Å². The number of aliphatic carboxylic acids is 9. The van der Waals surface area contributed by atoms with Crippen molar-refractivity contribution in [3.8, 4) is 0 Å². The maximum absolute atomic E-state index is 10.1. The summed E-state index contributed by atoms with van der Waals surface area (Å²) in [7, 11) is 0. The first-order chi connectivity index (χ1) is 19.1. The Morgan fingerprint density at radius 2 is 0.480 bits per heavy atom. The van der Waals surface area contributed by atoms with Gasteiger partial charge < -0.3 is 153 Å². The molecule has 0 aliphatic heterocycles. The summed E-state index contributed by atoms with van der Waals surface area (Å²) in [5.41, 5.74) is 0.317. The molecule has 0 heterocycles. The second kappa shape index (κ2) is 37.4. The third-order valence-electron chi connectivity index (χ3n) is 3.76. The topological polar surface area (TPSA) is 474 Å². The van der Waals surface area contributed by atoms with Gasteiger partial charge in [-0.15, -0.1) is 0 Å². The number of carbonyl (C=O) groups excluding carboxylic acids is 9. The van der Waals surface area contributed by atoms with E-state index in [0.29, 0.717) is 0 Å². The van der Waals surface area contributed by atoms with Crippen molar-refractivity contribution in [3.63, 3.8) is 0 Å². The standard InChI is InChI=1S/3C6H8O7.CH4N2S.4Au.3ClH/c3*7-3(8)1-6(13,5(11)12)2-4(9)10;2-1(3)4;;;;;;;/h3*13H,1-2H2,(H,7,8)(H,9,10)(H,11,12);(H4,2,3,4);;;;;3*1H/q;;;;4*+3;;;/p-12. The number of carbonyl (C=O) groups is 9. The first-order valence-corrected chi connectivity index (χ1v) is 10.5. The van der Waals surface area contributed by atoms with E-state index < -0.39 is 109 Å². The molecule has 0 saturated carbocycles. The largest absolute Gasteiger partial charge is 3.00 e. The molecule has 0 fully saturated rings. The van der Waals surface area contributed by atoms with E-state index in [1.807, 2.05) is 0 Å². The van der Waals surface area contributed by atoms with Crippen LogP contribution in [0.3, 0.4) is 0 Å². The van der Waals surface area contributed by atoms with Gasteiger partial charge in [-0.25, -0.2) is 0 Å². The summed E-state index contributed by atoms with van der Waals surface area (Å²) in [5.74, 6) is -18.0. The first-order valence-electron chi connectivity index (χ1n) is 10.1. The minimum Gasteiger partial charge on any atom is -1.00 e. The van der Waals surface area contributed by atoms with E-state index in [0.717, 1.165) is 0 Å². The van der Waals surface area contributed by atoms with Crippen molar-refractivity contribution in [1.82, 2.24) is 0 Å². The molecule has 31 heteroatoms. The molecule has 0 rings (SSSR count). The van der Waals surface area contributed by atoms with Gasteiger partial charge in [0.1, 0.15) is 16.8 Å². The molecule has 0 aromatic heterocycles. The molecule has 0 spiro atoms. The molecule has 0 bridgehead atoms. The Balaban J connectivity index is -0.0000000450. The Morgan fingerprint density at radius 3 is 0.520 bits per heavy atom. The molecule has 0 aliphatic rings. The molecule has 50 heavy (non-hydrogen) atoms. The number of hydrogen-bond acceptors (Lipinski definition) is 22. The van der Waals surface area contributed by atoms with Crippen LogP contribution in [0.25, 0.3) is 0 Å². The van der Waals surface area contributed by atoms with Crippen molar-refractivity contribution in [2.45, 2.75) is 55.3 Å². The van der Waals surface area contributed by atoms with Crippen molar-refractivity contribution in [2.75, 3.05) is 0 Å². The summed E-state index contributed by atoms with van der Waals surface area (Å²) in [6.07, 6.45) is -8.15. The van der Waals surface area contributed by atoms with Crippen LogP contribution in [-0.2, 0) is 133 Å². The molecular weight excluding hydrogens is 1520 g/mol. The van der Waals surface area contributed by atoms with Crippen LogP contribution in [0.15, 0.2) is 0 Å². The van der Waals surface area contributed by atoms with E-state index in [2.05, 4.69) is 23.7 Å². The Kier molecular flexibility index (Phi) is 58.3. The Hall–Kier alpha value is -1.37. The fraction of sp³-hybridized carbons (Fsp3) is 0.474. The van der Waals surface area contributed by atoms with Gasteiger partial charge in [0.15, 0.2) is 5.11 Å². The van der Waals surface area contributed by atoms with E-state index in [4.69, 9.17) is 15.3 Å². The van der Waals surface area contributed by atoms with Gasteiger partial charge in [-0.05, 0) is 12.2 Å². The Morgan fingerprint density at radius 1 is 0.400 bits per heavy atom. The fourth-order valence-corrected chi connectivity index (χ4v) is 2.05. The minimum absolute atomic E-state index is 0. The molecule has 0 unspecified atom stereocenters. The molecule has 23 nitrogen and oxygen atoms in total. The number of rotatable bonds is 15. The van der Waals surface area contributed by atoms with Crippen LogP contribution in [0.2, 0.25) is 0 Å². The molecule has 0 aliphatic carbocycles. The molecule has 0 aromatic carbocycles. The van der Waals surface area contributed by atoms with Gasteiger partial charge in [-0.1, -0.05) is 0 Å². The number of carboxylic acid groups (broad SMARTS) is 9. The van der Waals surface area contributed by atoms with E-state index in [1.165, 1.54) is 0 Å². The van der Waals surface area contributed by atoms with E-state index in [-0.39, 0.29) is 132 Å². The Labute approximate surface area is 365 Å². The average molecular weight is 1540 g/mol. The van der Waals surface area contributed by atoms with E-state index in [9.17, 15) is 89.1 Å². The normalized spacial score (nSPS) is 8.94. The van der Waals surface area contributed by atoms with Gasteiger partial charge in [0.25, 0.3) is 0 Å². The third-order valence-corrected chi connectivity index (χ3v) is 3.76. The fourth-order valence-electron chi connectivity index (χ4n) is 2.05. The number of halogens is 3. The van der Waals surface area contributed by atoms with Crippen molar-refractivity contribution in [1.29, 1.82) is 0 Å². The average Bonchev–Trinajstić information content (AvgIpc) is 2.70. The van der Waals surface area contributed by atoms with Crippen LogP contribution >= 0.6 is 12.2 Å². The zero-order chi connectivity index (χ0) is 35.5. The summed E-state index contributed by atoms with van der Waals surface area (Å²) < 4.78 is 0. The van der Waals surface area contributed by atoms with Crippen LogP contribution in [0.5, 0.6) is 0 Å². The van der Waals surface area contributed by atoms with Gasteiger partial charge in [0, 0.05) is 74.3 Å². The first kappa shape index (κ1) is 77.9. The summed E-state index contributed by atoms with van der Waals surface area (Å²) >= 11 is 4.09. The predicted molar refractivity (Wildman–Crippen MR) is 109 cm³/mol. The van der Waals surface area contributed by atoms with Gasteiger partial charge in [0.05, 0.1) is 17.9 Å². The molecule has 302 valence electrons. The number of nitrogens with two attached hydrogens (primary N) is 2. The molecule has 7 N–H and O–H groups in total. The van der Waals surface area contributed by atoms with Crippen LogP contribution < -0.4 is 94.6 Å². The zero-order valence-corrected chi connectivity index (χ0v) is 35.1. The van der Waals surface area contributed by atoms with Gasteiger partial charge >= 0.3 is 89.5 Å². The number of thiocarbonyl (C=S) groups is 1. The van der Waals surface area contributed by atoms with E-state index >= 15 is 0 Å². The molecule has 0 amide bonds. The van der Waals surface area contributed by atoms with Crippen LogP contribution in [0, 0.1) is 0 Å². The van der Waals surface area contributed by atoms with Crippen molar-refractivity contribution >= 4 is 71.1 Å². The SMILES string of the molecule is NC(N)=S.O=C([O-])CC(O)(CC(=O)[O-])C(=O)[O-].O=C([O-])CC(O)(CC(=O)[O-])C(=O)[O-].O=C([O-])CC(O)(CC(=O)[O-])C(=O)[O-].[Au+3].[Au+3].[Au+3].[Au+3].[Cl-].[Cl-].[Cl-]. The zero-order valence-electron chi connectivity index (χ0n) is 23.3. The van der Waals surface area contributed by atoms with Crippen molar-refractivity contribution < 1.29 is 231 Å². The smallest absolute Gasteiger partial charge is 1.00 e. The third kappa shape index (κ3) is 44.7. The Bertz CT molecular complexity index is 947. The monoisotopic (exact) mass is 1540 g/mol. The predicted octanol–water partition coefficient (Wildman–Crippen LogP) is -25.6. The van der Waals surface area contributed by atoms with Crippen LogP contribution in [-0.4, -0.2) is 91.0 Å². The van der Waals surface area contributed by atoms with Crippen molar-refractivity contribution in [3.05, 3.63) is 0 Å². The summed E-state index contributed by atoms with van der Waals surface area (Å²) in [6.45, 7) is 0. The number of hydrogen-bond donors (Lipinski definition) is 5. The minimum atomic E-state index is -2.97.